The molecule has 0 saturated carbocycles. The van der Waals surface area contributed by atoms with Gasteiger partial charge in [-0.05, 0) is 46.0 Å². The first kappa shape index (κ1) is 15.5. The van der Waals surface area contributed by atoms with Crippen LogP contribution in [-0.4, -0.2) is 11.6 Å². The van der Waals surface area contributed by atoms with Crippen molar-refractivity contribution in [3.05, 3.63) is 0 Å². The maximum atomic E-state index is 12.2. The summed E-state index contributed by atoms with van der Waals surface area (Å²) < 4.78 is 5.53. The highest BCUT2D eigenvalue weighted by Gasteiger charge is 2.40. The van der Waals surface area contributed by atoms with Crippen LogP contribution in [0.15, 0.2) is 0 Å². The number of hydrogen-bond acceptors (Lipinski definition) is 2. The summed E-state index contributed by atoms with van der Waals surface area (Å²) in [5.74, 6) is 0.730. The molecule has 0 rings (SSSR count). The molecule has 0 aliphatic heterocycles. The Morgan fingerprint density at radius 1 is 1.06 bits per heavy atom. The molecule has 0 aromatic rings. The molecule has 0 heterocycles. The average Bonchev–Trinajstić information content (AvgIpc) is 1.98. The molecule has 0 aromatic carbocycles. The van der Waals surface area contributed by atoms with Gasteiger partial charge in [0.2, 0.25) is 0 Å². The van der Waals surface area contributed by atoms with Gasteiger partial charge >= 0.3 is 5.97 Å². The van der Waals surface area contributed by atoms with E-state index in [1.165, 1.54) is 0 Å². The van der Waals surface area contributed by atoms with E-state index in [4.69, 9.17) is 4.74 Å². The van der Waals surface area contributed by atoms with Crippen molar-refractivity contribution in [1.82, 2.24) is 0 Å². The molecule has 0 radical (unpaired) electrons. The summed E-state index contributed by atoms with van der Waals surface area (Å²) in [6, 6.07) is 0. The first-order valence-electron chi connectivity index (χ1n) is 6.22. The molecular weight excluding hydrogens is 200 g/mol. The third-order valence-electron chi connectivity index (χ3n) is 2.97. The van der Waals surface area contributed by atoms with Crippen molar-refractivity contribution >= 4 is 5.97 Å². The second kappa shape index (κ2) is 5.20. The van der Waals surface area contributed by atoms with Gasteiger partial charge in [-0.2, -0.15) is 0 Å². The monoisotopic (exact) mass is 228 g/mol. The predicted molar refractivity (Wildman–Crippen MR) is 68.2 cm³/mol. The number of rotatable bonds is 4. The quantitative estimate of drug-likeness (QED) is 0.679. The number of ether oxygens (including phenoxy) is 1. The van der Waals surface area contributed by atoms with Crippen molar-refractivity contribution < 1.29 is 9.53 Å². The van der Waals surface area contributed by atoms with Gasteiger partial charge in [0.1, 0.15) is 5.60 Å². The first-order chi connectivity index (χ1) is 6.99. The van der Waals surface area contributed by atoms with E-state index in [9.17, 15) is 4.79 Å². The lowest BCUT2D eigenvalue weighted by atomic mass is 9.73. The summed E-state index contributed by atoms with van der Waals surface area (Å²) in [7, 11) is 0. The molecule has 0 aliphatic rings. The lowest BCUT2D eigenvalue weighted by Crippen LogP contribution is -2.40. The standard InChI is InChI=1S/C14H28O2/c1-10(2)9-14(8,11(3)4)12(15)16-13(5,6)7/h10-11H,9H2,1-8H3. The van der Waals surface area contributed by atoms with Crippen LogP contribution in [0, 0.1) is 17.3 Å². The highest BCUT2D eigenvalue weighted by Crippen LogP contribution is 2.36. The van der Waals surface area contributed by atoms with Gasteiger partial charge in [-0.15, -0.1) is 0 Å². The van der Waals surface area contributed by atoms with Gasteiger partial charge in [-0.25, -0.2) is 0 Å². The normalized spacial score (nSPS) is 16.4. The van der Waals surface area contributed by atoms with E-state index in [-0.39, 0.29) is 11.4 Å². The van der Waals surface area contributed by atoms with Gasteiger partial charge in [-0.1, -0.05) is 27.7 Å². The van der Waals surface area contributed by atoms with Crippen molar-refractivity contribution in [2.45, 2.75) is 67.4 Å². The molecule has 1 unspecified atom stereocenters. The second-order valence-corrected chi connectivity index (χ2v) is 6.67. The van der Waals surface area contributed by atoms with Crippen LogP contribution in [0.1, 0.15) is 61.8 Å². The Morgan fingerprint density at radius 2 is 1.50 bits per heavy atom. The highest BCUT2D eigenvalue weighted by molar-refractivity contribution is 5.77. The van der Waals surface area contributed by atoms with Crippen LogP contribution in [0.2, 0.25) is 0 Å². The largest absolute Gasteiger partial charge is 0.460 e. The van der Waals surface area contributed by atoms with Crippen molar-refractivity contribution in [2.24, 2.45) is 17.3 Å². The SMILES string of the molecule is CC(C)CC(C)(C(=O)OC(C)(C)C)C(C)C. The molecule has 2 nitrogen and oxygen atoms in total. The summed E-state index contributed by atoms with van der Waals surface area (Å²) in [4.78, 5) is 12.2. The zero-order valence-electron chi connectivity index (χ0n) is 12.2. The Hall–Kier alpha value is -0.530. The van der Waals surface area contributed by atoms with Crippen LogP contribution in [0.4, 0.5) is 0 Å². The van der Waals surface area contributed by atoms with E-state index < -0.39 is 5.60 Å². The highest BCUT2D eigenvalue weighted by atomic mass is 16.6. The first-order valence-corrected chi connectivity index (χ1v) is 6.22. The van der Waals surface area contributed by atoms with Crippen molar-refractivity contribution in [1.29, 1.82) is 0 Å². The third-order valence-corrected chi connectivity index (χ3v) is 2.97. The zero-order chi connectivity index (χ0) is 13.1. The minimum Gasteiger partial charge on any atom is -0.460 e. The Bertz CT molecular complexity index is 236. The molecule has 0 fully saturated rings. The van der Waals surface area contributed by atoms with Gasteiger partial charge < -0.3 is 4.74 Å². The van der Waals surface area contributed by atoms with Crippen LogP contribution >= 0.6 is 0 Å². The lowest BCUT2D eigenvalue weighted by molar-refractivity contribution is -0.170. The maximum Gasteiger partial charge on any atom is 0.312 e. The van der Waals surface area contributed by atoms with Crippen LogP contribution in [0.3, 0.4) is 0 Å². The molecule has 0 spiro atoms. The Labute approximate surface area is 101 Å². The predicted octanol–water partition coefficient (Wildman–Crippen LogP) is 4.04. The Balaban J connectivity index is 4.85. The van der Waals surface area contributed by atoms with Gasteiger partial charge in [-0.3, -0.25) is 4.79 Å². The molecule has 1 atom stereocenters. The molecule has 96 valence electrons. The van der Waals surface area contributed by atoms with Crippen LogP contribution < -0.4 is 0 Å². The summed E-state index contributed by atoms with van der Waals surface area (Å²) in [5, 5.41) is 0. The molecule has 0 N–H and O–H groups in total. The van der Waals surface area contributed by atoms with Crippen LogP contribution in [-0.2, 0) is 9.53 Å². The molecule has 0 aromatic heterocycles. The molecule has 16 heavy (non-hydrogen) atoms. The second-order valence-electron chi connectivity index (χ2n) is 6.67. The Morgan fingerprint density at radius 3 is 1.75 bits per heavy atom. The fraction of sp³-hybridized carbons (Fsp3) is 0.929. The minimum absolute atomic E-state index is 0.0660. The number of hydrogen-bond donors (Lipinski definition) is 0. The summed E-state index contributed by atoms with van der Waals surface area (Å²) in [6.45, 7) is 16.2. The fourth-order valence-corrected chi connectivity index (χ4v) is 1.80. The van der Waals surface area contributed by atoms with Crippen molar-refractivity contribution in [2.75, 3.05) is 0 Å². The third kappa shape index (κ3) is 4.54. The van der Waals surface area contributed by atoms with E-state index in [1.54, 1.807) is 0 Å². The molecule has 0 saturated heterocycles. The molecule has 2 heteroatoms. The van der Waals surface area contributed by atoms with Crippen molar-refractivity contribution in [3.63, 3.8) is 0 Å². The maximum absolute atomic E-state index is 12.2. The van der Waals surface area contributed by atoms with E-state index in [1.807, 2.05) is 27.7 Å². The number of carbonyl (C=O) groups excluding carboxylic acids is 1. The summed E-state index contributed by atoms with van der Waals surface area (Å²) >= 11 is 0. The fourth-order valence-electron chi connectivity index (χ4n) is 1.80. The Kier molecular flexibility index (Phi) is 5.03. The smallest absolute Gasteiger partial charge is 0.312 e. The van der Waals surface area contributed by atoms with E-state index in [0.717, 1.165) is 6.42 Å². The van der Waals surface area contributed by atoms with Crippen LogP contribution in [0.25, 0.3) is 0 Å². The van der Waals surface area contributed by atoms with Gasteiger partial charge in [0, 0.05) is 0 Å². The zero-order valence-corrected chi connectivity index (χ0v) is 12.2. The summed E-state index contributed by atoms with van der Waals surface area (Å²) in [6.07, 6.45) is 0.875. The van der Waals surface area contributed by atoms with Gasteiger partial charge in [0.05, 0.1) is 5.41 Å². The van der Waals surface area contributed by atoms with E-state index >= 15 is 0 Å². The summed E-state index contributed by atoms with van der Waals surface area (Å²) in [5.41, 5.74) is -0.772. The van der Waals surface area contributed by atoms with E-state index in [0.29, 0.717) is 11.8 Å². The minimum atomic E-state index is -0.399. The number of esters is 1. The molecule has 0 bridgehead atoms. The molecule has 0 amide bonds. The lowest BCUT2D eigenvalue weighted by Gasteiger charge is -2.35. The van der Waals surface area contributed by atoms with Gasteiger partial charge in [0.25, 0.3) is 0 Å². The molecular formula is C14H28O2. The van der Waals surface area contributed by atoms with Crippen LogP contribution in [0.5, 0.6) is 0 Å². The topological polar surface area (TPSA) is 26.3 Å². The molecule has 0 aliphatic carbocycles. The van der Waals surface area contributed by atoms with Crippen molar-refractivity contribution in [3.8, 4) is 0 Å². The number of carbonyl (C=O) groups is 1. The van der Waals surface area contributed by atoms with E-state index in [2.05, 4.69) is 27.7 Å². The average molecular weight is 228 g/mol. The van der Waals surface area contributed by atoms with Gasteiger partial charge in [0.15, 0.2) is 0 Å².